The van der Waals surface area contributed by atoms with Gasteiger partial charge in [-0.15, -0.1) is 0 Å². The standard InChI is InChI=1S/C12H26O3Si/c1-5-10-16(3,4)15-11-12(6-2)13-8-7-9-14-12/h5-11H2,1-4H3. The van der Waals surface area contributed by atoms with Crippen molar-refractivity contribution in [2.75, 3.05) is 19.8 Å². The van der Waals surface area contributed by atoms with Crippen molar-refractivity contribution in [3.63, 3.8) is 0 Å². The highest BCUT2D eigenvalue weighted by atomic mass is 28.4. The maximum absolute atomic E-state index is 6.09. The summed E-state index contributed by atoms with van der Waals surface area (Å²) in [5.41, 5.74) is 0. The molecule has 0 atom stereocenters. The molecule has 0 radical (unpaired) electrons. The summed E-state index contributed by atoms with van der Waals surface area (Å²) in [5, 5.41) is 0. The van der Waals surface area contributed by atoms with Gasteiger partial charge in [-0.25, -0.2) is 0 Å². The smallest absolute Gasteiger partial charge is 0.190 e. The molecule has 0 aromatic heterocycles. The Hall–Kier alpha value is 0.0969. The lowest BCUT2D eigenvalue weighted by Crippen LogP contribution is -2.47. The minimum atomic E-state index is -1.51. The number of hydrogen-bond donors (Lipinski definition) is 0. The zero-order valence-electron chi connectivity index (χ0n) is 11.2. The molecule has 0 aliphatic carbocycles. The van der Waals surface area contributed by atoms with Crippen LogP contribution in [0.3, 0.4) is 0 Å². The highest BCUT2D eigenvalue weighted by Gasteiger charge is 2.35. The minimum absolute atomic E-state index is 0.462. The van der Waals surface area contributed by atoms with Gasteiger partial charge in [0.1, 0.15) is 0 Å². The van der Waals surface area contributed by atoms with Crippen LogP contribution in [-0.4, -0.2) is 33.9 Å². The SMILES string of the molecule is CCC[Si](C)(C)OCC1(CC)OCCCO1. The first-order valence-corrected chi connectivity index (χ1v) is 9.57. The lowest BCUT2D eigenvalue weighted by molar-refractivity contribution is -0.280. The molecule has 0 aromatic rings. The van der Waals surface area contributed by atoms with E-state index in [1.807, 2.05) is 0 Å². The molecule has 0 N–H and O–H groups in total. The number of hydrogen-bond acceptors (Lipinski definition) is 3. The molecular weight excluding hydrogens is 220 g/mol. The average Bonchev–Trinajstić information content (AvgIpc) is 2.28. The van der Waals surface area contributed by atoms with Crippen LogP contribution in [0.2, 0.25) is 19.1 Å². The fourth-order valence-electron chi connectivity index (χ4n) is 1.99. The topological polar surface area (TPSA) is 27.7 Å². The van der Waals surface area contributed by atoms with Gasteiger partial charge in [0.2, 0.25) is 0 Å². The van der Waals surface area contributed by atoms with Crippen LogP contribution in [0.5, 0.6) is 0 Å². The Morgan fingerprint density at radius 1 is 1.19 bits per heavy atom. The molecule has 0 aromatic carbocycles. The molecule has 0 amide bonds. The Kier molecular flexibility index (Phi) is 5.44. The molecular formula is C12H26O3Si. The van der Waals surface area contributed by atoms with Crippen LogP contribution in [0.25, 0.3) is 0 Å². The van der Waals surface area contributed by atoms with Gasteiger partial charge in [0.15, 0.2) is 14.1 Å². The predicted molar refractivity (Wildman–Crippen MR) is 68.1 cm³/mol. The summed E-state index contributed by atoms with van der Waals surface area (Å²) in [4.78, 5) is 0. The van der Waals surface area contributed by atoms with Gasteiger partial charge in [-0.3, -0.25) is 0 Å². The first kappa shape index (κ1) is 14.2. The third kappa shape index (κ3) is 4.16. The molecule has 1 fully saturated rings. The van der Waals surface area contributed by atoms with Gasteiger partial charge in [-0.1, -0.05) is 20.3 Å². The quantitative estimate of drug-likeness (QED) is 0.674. The molecule has 0 bridgehead atoms. The summed E-state index contributed by atoms with van der Waals surface area (Å²) in [6.07, 6.45) is 3.06. The summed E-state index contributed by atoms with van der Waals surface area (Å²) < 4.78 is 17.6. The third-order valence-corrected chi connectivity index (χ3v) is 5.72. The van der Waals surface area contributed by atoms with Crippen molar-refractivity contribution < 1.29 is 13.9 Å². The number of ether oxygens (including phenoxy) is 2. The van der Waals surface area contributed by atoms with Gasteiger partial charge < -0.3 is 13.9 Å². The first-order chi connectivity index (χ1) is 7.54. The molecule has 4 heteroatoms. The summed E-state index contributed by atoms with van der Waals surface area (Å²) in [6, 6.07) is 1.20. The summed E-state index contributed by atoms with van der Waals surface area (Å²) in [7, 11) is -1.51. The molecule has 1 aliphatic rings. The molecule has 1 rings (SSSR count). The maximum atomic E-state index is 6.09. The number of rotatable bonds is 6. The van der Waals surface area contributed by atoms with Gasteiger partial charge in [-0.05, 0) is 25.6 Å². The van der Waals surface area contributed by atoms with E-state index in [2.05, 4.69) is 26.9 Å². The van der Waals surface area contributed by atoms with Gasteiger partial charge >= 0.3 is 0 Å². The van der Waals surface area contributed by atoms with E-state index in [1.54, 1.807) is 0 Å². The second-order valence-corrected chi connectivity index (χ2v) is 9.42. The second-order valence-electron chi connectivity index (χ2n) is 5.11. The largest absolute Gasteiger partial charge is 0.412 e. The van der Waals surface area contributed by atoms with Gasteiger partial charge in [-0.2, -0.15) is 0 Å². The Balaban J connectivity index is 2.44. The normalized spacial score (nSPS) is 21.0. The minimum Gasteiger partial charge on any atom is -0.412 e. The van der Waals surface area contributed by atoms with Crippen LogP contribution >= 0.6 is 0 Å². The van der Waals surface area contributed by atoms with E-state index in [0.29, 0.717) is 6.61 Å². The summed E-state index contributed by atoms with van der Waals surface area (Å²) in [6.45, 7) is 11.0. The van der Waals surface area contributed by atoms with E-state index < -0.39 is 14.1 Å². The monoisotopic (exact) mass is 246 g/mol. The van der Waals surface area contributed by atoms with Crippen LogP contribution < -0.4 is 0 Å². The lowest BCUT2D eigenvalue weighted by Gasteiger charge is -2.38. The predicted octanol–water partition coefficient (Wildman–Crippen LogP) is 3.16. The van der Waals surface area contributed by atoms with Crippen LogP contribution in [0.15, 0.2) is 0 Å². The Morgan fingerprint density at radius 2 is 1.81 bits per heavy atom. The zero-order chi connectivity index (χ0) is 12.1. The third-order valence-electron chi connectivity index (χ3n) is 3.09. The highest BCUT2D eigenvalue weighted by molar-refractivity contribution is 6.71. The van der Waals surface area contributed by atoms with Crippen molar-refractivity contribution in [1.29, 1.82) is 0 Å². The molecule has 1 saturated heterocycles. The average molecular weight is 246 g/mol. The molecule has 0 spiro atoms. The highest BCUT2D eigenvalue weighted by Crippen LogP contribution is 2.25. The zero-order valence-corrected chi connectivity index (χ0v) is 12.2. The Bertz CT molecular complexity index is 200. The maximum Gasteiger partial charge on any atom is 0.190 e. The van der Waals surface area contributed by atoms with E-state index in [-0.39, 0.29) is 0 Å². The van der Waals surface area contributed by atoms with Gasteiger partial charge in [0.25, 0.3) is 0 Å². The fourth-order valence-corrected chi connectivity index (χ4v) is 3.95. The van der Waals surface area contributed by atoms with E-state index >= 15 is 0 Å². The van der Waals surface area contributed by atoms with E-state index in [1.165, 1.54) is 12.5 Å². The van der Waals surface area contributed by atoms with Gasteiger partial charge in [0, 0.05) is 6.42 Å². The van der Waals surface area contributed by atoms with Crippen molar-refractivity contribution in [1.82, 2.24) is 0 Å². The molecule has 1 heterocycles. The second kappa shape index (κ2) is 6.14. The molecule has 96 valence electrons. The van der Waals surface area contributed by atoms with Crippen molar-refractivity contribution in [2.45, 2.75) is 58.0 Å². The van der Waals surface area contributed by atoms with E-state index in [0.717, 1.165) is 26.1 Å². The van der Waals surface area contributed by atoms with E-state index in [9.17, 15) is 0 Å². The Morgan fingerprint density at radius 3 is 2.31 bits per heavy atom. The van der Waals surface area contributed by atoms with Crippen LogP contribution in [0.4, 0.5) is 0 Å². The lowest BCUT2D eigenvalue weighted by atomic mass is 10.2. The molecule has 0 saturated carbocycles. The molecule has 16 heavy (non-hydrogen) atoms. The van der Waals surface area contributed by atoms with Crippen molar-refractivity contribution in [2.24, 2.45) is 0 Å². The van der Waals surface area contributed by atoms with Crippen LogP contribution in [0.1, 0.15) is 33.1 Å². The molecule has 1 aliphatic heterocycles. The van der Waals surface area contributed by atoms with E-state index in [4.69, 9.17) is 13.9 Å². The van der Waals surface area contributed by atoms with Gasteiger partial charge in [0.05, 0.1) is 19.8 Å². The Labute approximate surface area is 101 Å². The summed E-state index contributed by atoms with van der Waals surface area (Å²) >= 11 is 0. The van der Waals surface area contributed by atoms with Crippen LogP contribution in [-0.2, 0) is 13.9 Å². The van der Waals surface area contributed by atoms with Crippen molar-refractivity contribution >= 4 is 8.32 Å². The van der Waals surface area contributed by atoms with Crippen LogP contribution in [0, 0.1) is 0 Å². The first-order valence-electron chi connectivity index (χ1n) is 6.45. The summed E-state index contributed by atoms with van der Waals surface area (Å²) in [5.74, 6) is -0.462. The van der Waals surface area contributed by atoms with Crippen molar-refractivity contribution in [3.05, 3.63) is 0 Å². The van der Waals surface area contributed by atoms with Crippen molar-refractivity contribution in [3.8, 4) is 0 Å². The fraction of sp³-hybridized carbons (Fsp3) is 1.00. The molecule has 0 unspecified atom stereocenters. The molecule has 3 nitrogen and oxygen atoms in total.